The van der Waals surface area contributed by atoms with Crippen molar-refractivity contribution in [3.63, 3.8) is 0 Å². The normalized spacial score (nSPS) is 28.1. The van der Waals surface area contributed by atoms with Gasteiger partial charge in [-0.1, -0.05) is 67.8 Å². The molecule has 1 saturated heterocycles. The van der Waals surface area contributed by atoms with E-state index in [0.717, 1.165) is 32.4 Å². The van der Waals surface area contributed by atoms with E-state index < -0.39 is 6.10 Å². The van der Waals surface area contributed by atoms with Crippen LogP contribution in [0.4, 0.5) is 0 Å². The Labute approximate surface area is 173 Å². The molecule has 0 bridgehead atoms. The third-order valence-electron chi connectivity index (χ3n) is 7.21. The van der Waals surface area contributed by atoms with Crippen LogP contribution in [0, 0.1) is 5.92 Å². The summed E-state index contributed by atoms with van der Waals surface area (Å²) >= 11 is 0. The predicted octanol–water partition coefficient (Wildman–Crippen LogP) is 3.95. The molecule has 156 valence electrons. The summed E-state index contributed by atoms with van der Waals surface area (Å²) in [4.78, 5) is 15.4. The minimum Gasteiger partial charge on any atom is -0.393 e. The molecule has 1 aliphatic heterocycles. The fraction of sp³-hybridized carbons (Fsp3) is 0.560. The second kappa shape index (κ2) is 8.95. The molecule has 2 aliphatic carbocycles. The maximum Gasteiger partial charge on any atom is 0.195 e. The summed E-state index contributed by atoms with van der Waals surface area (Å²) in [6.07, 6.45) is 13.8. The number of aliphatic hydroxyl groups excluding tert-OH is 2. The second-order valence-electron chi connectivity index (χ2n) is 8.92. The fourth-order valence-electron chi connectivity index (χ4n) is 5.45. The van der Waals surface area contributed by atoms with E-state index in [0.29, 0.717) is 17.1 Å². The highest BCUT2D eigenvalue weighted by Gasteiger charge is 2.44. The highest BCUT2D eigenvalue weighted by molar-refractivity contribution is 6.01. The van der Waals surface area contributed by atoms with E-state index in [4.69, 9.17) is 0 Å². The number of carbonyl (C=O) groups excluding carboxylic acids is 1. The van der Waals surface area contributed by atoms with Crippen LogP contribution >= 0.6 is 0 Å². The maximum absolute atomic E-state index is 12.9. The van der Waals surface area contributed by atoms with Crippen LogP contribution < -0.4 is 0 Å². The molecule has 29 heavy (non-hydrogen) atoms. The number of hydrogen-bond acceptors (Lipinski definition) is 4. The van der Waals surface area contributed by atoms with E-state index in [1.807, 2.05) is 30.4 Å². The molecule has 4 heteroatoms. The Morgan fingerprint density at radius 1 is 1.03 bits per heavy atom. The molecule has 1 saturated carbocycles. The van der Waals surface area contributed by atoms with Crippen LogP contribution in [0.2, 0.25) is 0 Å². The SMILES string of the molecule is O=C(C1=CCC(C2CCCCC2)(N2CCC(O)CC2)C=C1)C(O)c1ccccc1. The molecule has 4 rings (SSSR count). The van der Waals surface area contributed by atoms with Gasteiger partial charge in [0.1, 0.15) is 6.10 Å². The predicted molar refractivity (Wildman–Crippen MR) is 114 cm³/mol. The lowest BCUT2D eigenvalue weighted by Gasteiger charge is -2.51. The van der Waals surface area contributed by atoms with Gasteiger partial charge in [0.2, 0.25) is 0 Å². The number of piperidine rings is 1. The molecule has 0 aromatic heterocycles. The van der Waals surface area contributed by atoms with Crippen molar-refractivity contribution in [2.45, 2.75) is 69.1 Å². The van der Waals surface area contributed by atoms with Crippen molar-refractivity contribution in [3.05, 3.63) is 59.7 Å². The van der Waals surface area contributed by atoms with Crippen molar-refractivity contribution in [1.29, 1.82) is 0 Å². The molecule has 2 unspecified atom stereocenters. The zero-order valence-electron chi connectivity index (χ0n) is 17.2. The Hall–Kier alpha value is -1.75. The number of hydrogen-bond donors (Lipinski definition) is 2. The van der Waals surface area contributed by atoms with Crippen LogP contribution in [-0.4, -0.2) is 45.6 Å². The molecule has 0 spiro atoms. The highest BCUT2D eigenvalue weighted by Crippen LogP contribution is 2.43. The number of nitrogens with zero attached hydrogens (tertiary/aromatic N) is 1. The first kappa shape index (κ1) is 20.5. The van der Waals surface area contributed by atoms with Gasteiger partial charge in [-0.15, -0.1) is 0 Å². The molecule has 2 N–H and O–H groups in total. The smallest absolute Gasteiger partial charge is 0.195 e. The number of ketones is 1. The number of aliphatic hydroxyl groups is 2. The van der Waals surface area contributed by atoms with Gasteiger partial charge >= 0.3 is 0 Å². The molecular weight excluding hydrogens is 362 g/mol. The van der Waals surface area contributed by atoms with Gasteiger partial charge in [0.15, 0.2) is 5.78 Å². The van der Waals surface area contributed by atoms with Gasteiger partial charge in [0.25, 0.3) is 0 Å². The molecular formula is C25H33NO3. The van der Waals surface area contributed by atoms with Crippen LogP contribution in [0.15, 0.2) is 54.1 Å². The van der Waals surface area contributed by atoms with E-state index in [9.17, 15) is 15.0 Å². The first-order valence-electron chi connectivity index (χ1n) is 11.2. The van der Waals surface area contributed by atoms with Crippen molar-refractivity contribution in [2.24, 2.45) is 5.92 Å². The number of benzene rings is 1. The van der Waals surface area contributed by atoms with E-state index in [-0.39, 0.29) is 17.4 Å². The van der Waals surface area contributed by atoms with E-state index >= 15 is 0 Å². The van der Waals surface area contributed by atoms with Crippen LogP contribution in [0.3, 0.4) is 0 Å². The number of likely N-dealkylation sites (tertiary alicyclic amines) is 1. The Morgan fingerprint density at radius 2 is 1.72 bits per heavy atom. The van der Waals surface area contributed by atoms with Crippen molar-refractivity contribution in [1.82, 2.24) is 4.90 Å². The zero-order valence-corrected chi connectivity index (χ0v) is 17.2. The molecule has 4 nitrogen and oxygen atoms in total. The fourth-order valence-corrected chi connectivity index (χ4v) is 5.45. The molecule has 0 amide bonds. The number of allylic oxidation sites excluding steroid dienone is 1. The van der Waals surface area contributed by atoms with Crippen LogP contribution in [0.5, 0.6) is 0 Å². The standard InChI is InChI=1S/C25H33NO3/c27-22-13-17-26(18-14-22)25(21-9-5-2-6-10-21)15-11-20(12-16-25)24(29)23(28)19-7-3-1-4-8-19/h1,3-4,7-8,11-12,15,21-23,27-28H,2,5-6,9-10,13-14,16-18H2. The van der Waals surface area contributed by atoms with E-state index in [1.54, 1.807) is 12.1 Å². The van der Waals surface area contributed by atoms with Crippen molar-refractivity contribution in [3.8, 4) is 0 Å². The number of rotatable bonds is 5. The van der Waals surface area contributed by atoms with Crippen molar-refractivity contribution < 1.29 is 15.0 Å². The minimum absolute atomic E-state index is 0.0535. The van der Waals surface area contributed by atoms with Gasteiger partial charge in [-0.3, -0.25) is 9.69 Å². The molecule has 0 radical (unpaired) electrons. The summed E-state index contributed by atoms with van der Waals surface area (Å²) in [6, 6.07) is 9.15. The second-order valence-corrected chi connectivity index (χ2v) is 8.92. The van der Waals surface area contributed by atoms with Gasteiger partial charge in [0, 0.05) is 24.2 Å². The Kier molecular flexibility index (Phi) is 6.33. The largest absolute Gasteiger partial charge is 0.393 e. The van der Waals surface area contributed by atoms with Gasteiger partial charge in [-0.25, -0.2) is 0 Å². The third-order valence-corrected chi connectivity index (χ3v) is 7.21. The minimum atomic E-state index is -1.11. The van der Waals surface area contributed by atoms with Crippen molar-refractivity contribution in [2.75, 3.05) is 13.1 Å². The lowest BCUT2D eigenvalue weighted by molar-refractivity contribution is -0.123. The van der Waals surface area contributed by atoms with Gasteiger partial charge in [-0.05, 0) is 43.6 Å². The van der Waals surface area contributed by atoms with Crippen LogP contribution in [0.25, 0.3) is 0 Å². The molecule has 1 heterocycles. The highest BCUT2D eigenvalue weighted by atomic mass is 16.3. The summed E-state index contributed by atoms with van der Waals surface area (Å²) in [5, 5.41) is 20.5. The van der Waals surface area contributed by atoms with E-state index in [2.05, 4.69) is 11.0 Å². The van der Waals surface area contributed by atoms with Crippen molar-refractivity contribution >= 4 is 5.78 Å². The summed E-state index contributed by atoms with van der Waals surface area (Å²) in [5.74, 6) is 0.369. The van der Waals surface area contributed by atoms with Gasteiger partial charge in [0.05, 0.1) is 6.10 Å². The average Bonchev–Trinajstić information content (AvgIpc) is 2.80. The first-order chi connectivity index (χ1) is 14.1. The number of Topliss-reactive ketones (excluding diaryl/α,β-unsaturated/α-hetero) is 1. The summed E-state index contributed by atoms with van der Waals surface area (Å²) < 4.78 is 0. The third kappa shape index (κ3) is 4.25. The average molecular weight is 396 g/mol. The molecule has 2 fully saturated rings. The molecule has 1 aromatic carbocycles. The van der Waals surface area contributed by atoms with Gasteiger partial charge in [-0.2, -0.15) is 0 Å². The monoisotopic (exact) mass is 395 g/mol. The zero-order chi connectivity index (χ0) is 20.3. The topological polar surface area (TPSA) is 60.8 Å². The maximum atomic E-state index is 12.9. The number of carbonyl (C=O) groups is 1. The lowest BCUT2D eigenvalue weighted by atomic mass is 9.69. The van der Waals surface area contributed by atoms with Crippen LogP contribution in [0.1, 0.15) is 63.0 Å². The van der Waals surface area contributed by atoms with Crippen LogP contribution in [-0.2, 0) is 4.79 Å². The lowest BCUT2D eigenvalue weighted by Crippen LogP contribution is -2.56. The Balaban J connectivity index is 1.54. The first-order valence-corrected chi connectivity index (χ1v) is 11.2. The Morgan fingerprint density at radius 3 is 2.34 bits per heavy atom. The summed E-state index contributed by atoms with van der Waals surface area (Å²) in [5.41, 5.74) is 1.20. The molecule has 1 aromatic rings. The van der Waals surface area contributed by atoms with Gasteiger partial charge < -0.3 is 10.2 Å². The summed E-state index contributed by atoms with van der Waals surface area (Å²) in [6.45, 7) is 1.82. The molecule has 3 aliphatic rings. The van der Waals surface area contributed by atoms with E-state index in [1.165, 1.54) is 32.1 Å². The molecule has 2 atom stereocenters. The summed E-state index contributed by atoms with van der Waals surface area (Å²) in [7, 11) is 0. The quantitative estimate of drug-likeness (QED) is 0.792. The Bertz CT molecular complexity index is 758.